The molecule has 5 heteroatoms. The number of para-hydroxylation sites is 1. The van der Waals surface area contributed by atoms with Crippen LogP contribution in [0.2, 0.25) is 0 Å². The maximum Gasteiger partial charge on any atom is 0.194 e. The van der Waals surface area contributed by atoms with Crippen LogP contribution in [0.3, 0.4) is 0 Å². The number of benzene rings is 1. The van der Waals surface area contributed by atoms with Crippen molar-refractivity contribution < 1.29 is 0 Å². The van der Waals surface area contributed by atoms with Crippen molar-refractivity contribution in [2.75, 3.05) is 44.2 Å². The van der Waals surface area contributed by atoms with Crippen molar-refractivity contribution in [3.8, 4) is 0 Å². The van der Waals surface area contributed by atoms with E-state index in [0.29, 0.717) is 0 Å². The molecule has 25 heavy (non-hydrogen) atoms. The van der Waals surface area contributed by atoms with Crippen LogP contribution in [0.1, 0.15) is 12.5 Å². The molecule has 2 heterocycles. The van der Waals surface area contributed by atoms with E-state index in [0.717, 1.165) is 51.6 Å². The highest BCUT2D eigenvalue weighted by Crippen LogP contribution is 2.15. The fraction of sp³-hybridized carbons (Fsp3) is 0.400. The van der Waals surface area contributed by atoms with Crippen molar-refractivity contribution in [1.82, 2.24) is 15.2 Å². The van der Waals surface area contributed by atoms with Gasteiger partial charge in [-0.05, 0) is 37.1 Å². The molecule has 0 spiro atoms. The lowest BCUT2D eigenvalue weighted by Gasteiger charge is -2.37. The van der Waals surface area contributed by atoms with Crippen LogP contribution in [0.15, 0.2) is 59.9 Å². The molecule has 0 unspecified atom stereocenters. The van der Waals surface area contributed by atoms with Crippen molar-refractivity contribution in [1.29, 1.82) is 0 Å². The van der Waals surface area contributed by atoms with Crippen LogP contribution < -0.4 is 10.2 Å². The normalized spacial score (nSPS) is 15.3. The van der Waals surface area contributed by atoms with Crippen LogP contribution in [-0.4, -0.2) is 55.1 Å². The second kappa shape index (κ2) is 9.06. The zero-order valence-corrected chi connectivity index (χ0v) is 14.9. The highest BCUT2D eigenvalue weighted by atomic mass is 15.3. The summed E-state index contributed by atoms with van der Waals surface area (Å²) in [5.74, 6) is 1.03. The van der Waals surface area contributed by atoms with Gasteiger partial charge < -0.3 is 15.1 Å². The van der Waals surface area contributed by atoms with Gasteiger partial charge in [0, 0.05) is 57.3 Å². The molecule has 5 nitrogen and oxygen atoms in total. The molecule has 0 bridgehead atoms. The summed E-state index contributed by atoms with van der Waals surface area (Å²) in [6.45, 7) is 7.84. The van der Waals surface area contributed by atoms with Crippen molar-refractivity contribution >= 4 is 11.6 Å². The Morgan fingerprint density at radius 3 is 2.56 bits per heavy atom. The number of hydrogen-bond donors (Lipinski definition) is 1. The number of aliphatic imine (C=N–C) groups is 1. The maximum atomic E-state index is 4.82. The Balaban J connectivity index is 1.55. The lowest BCUT2D eigenvalue weighted by molar-refractivity contribution is 0.372. The van der Waals surface area contributed by atoms with Gasteiger partial charge in [0.2, 0.25) is 0 Å². The van der Waals surface area contributed by atoms with Crippen LogP contribution >= 0.6 is 0 Å². The predicted molar refractivity (Wildman–Crippen MR) is 104 cm³/mol. The van der Waals surface area contributed by atoms with Gasteiger partial charge >= 0.3 is 0 Å². The summed E-state index contributed by atoms with van der Waals surface area (Å²) < 4.78 is 0. The predicted octanol–water partition coefficient (Wildman–Crippen LogP) is 2.41. The second-order valence-corrected chi connectivity index (χ2v) is 6.16. The molecule has 132 valence electrons. The quantitative estimate of drug-likeness (QED) is 0.672. The minimum atomic E-state index is 0.785. The van der Waals surface area contributed by atoms with Crippen LogP contribution in [0.5, 0.6) is 0 Å². The van der Waals surface area contributed by atoms with Gasteiger partial charge in [0.1, 0.15) is 0 Å². The van der Waals surface area contributed by atoms with Gasteiger partial charge in [-0.25, -0.2) is 0 Å². The van der Waals surface area contributed by atoms with E-state index < -0.39 is 0 Å². The number of piperazine rings is 1. The van der Waals surface area contributed by atoms with Crippen LogP contribution in [0.25, 0.3) is 0 Å². The Morgan fingerprint density at radius 2 is 1.88 bits per heavy atom. The molecule has 1 N–H and O–H groups in total. The van der Waals surface area contributed by atoms with Gasteiger partial charge in [0.25, 0.3) is 0 Å². The molecule has 1 saturated heterocycles. The lowest BCUT2D eigenvalue weighted by atomic mass is 10.2. The van der Waals surface area contributed by atoms with E-state index in [1.54, 1.807) is 0 Å². The standard InChI is InChI=1S/C20H27N5/c1-2-22-20(23-12-10-18-7-6-11-21-17-18)25-15-13-24(14-16-25)19-8-4-3-5-9-19/h3-9,11,17H,2,10,12-16H2,1H3,(H,22,23). The summed E-state index contributed by atoms with van der Waals surface area (Å²) in [5.41, 5.74) is 2.54. The number of hydrogen-bond acceptors (Lipinski definition) is 3. The molecular weight excluding hydrogens is 310 g/mol. The largest absolute Gasteiger partial charge is 0.368 e. The van der Waals surface area contributed by atoms with Crippen LogP contribution in [0, 0.1) is 0 Å². The molecule has 0 aliphatic carbocycles. The maximum absolute atomic E-state index is 4.82. The number of guanidine groups is 1. The summed E-state index contributed by atoms with van der Waals surface area (Å²) in [7, 11) is 0. The topological polar surface area (TPSA) is 43.8 Å². The van der Waals surface area contributed by atoms with Gasteiger partial charge in [-0.2, -0.15) is 0 Å². The fourth-order valence-electron chi connectivity index (χ4n) is 3.08. The first-order chi connectivity index (χ1) is 12.4. The molecule has 2 aromatic rings. The minimum Gasteiger partial charge on any atom is -0.368 e. The van der Waals surface area contributed by atoms with Gasteiger partial charge in [-0.3, -0.25) is 9.98 Å². The second-order valence-electron chi connectivity index (χ2n) is 6.16. The Hall–Kier alpha value is -2.56. The van der Waals surface area contributed by atoms with E-state index in [2.05, 4.69) is 63.4 Å². The SMILES string of the molecule is CCNC(=NCCc1cccnc1)N1CCN(c2ccccc2)CC1. The van der Waals surface area contributed by atoms with Gasteiger partial charge in [-0.1, -0.05) is 24.3 Å². The average molecular weight is 337 g/mol. The highest BCUT2D eigenvalue weighted by Gasteiger charge is 2.19. The Bertz CT molecular complexity index is 648. The molecule has 0 amide bonds. The average Bonchev–Trinajstić information content (AvgIpc) is 2.69. The van der Waals surface area contributed by atoms with E-state index in [4.69, 9.17) is 4.99 Å². The van der Waals surface area contributed by atoms with Crippen molar-refractivity contribution in [3.63, 3.8) is 0 Å². The highest BCUT2D eigenvalue weighted by molar-refractivity contribution is 5.80. The third kappa shape index (κ3) is 4.95. The van der Waals surface area contributed by atoms with E-state index >= 15 is 0 Å². The number of pyridine rings is 1. The summed E-state index contributed by atoms with van der Waals surface area (Å²) in [4.78, 5) is 13.8. The molecule has 0 radical (unpaired) electrons. The molecule has 1 aromatic carbocycles. The molecule has 0 atom stereocenters. The summed E-state index contributed by atoms with van der Waals surface area (Å²) >= 11 is 0. The van der Waals surface area contributed by atoms with Crippen molar-refractivity contribution in [2.24, 2.45) is 4.99 Å². The van der Waals surface area contributed by atoms with E-state index in [-0.39, 0.29) is 0 Å². The van der Waals surface area contributed by atoms with Crippen molar-refractivity contribution in [2.45, 2.75) is 13.3 Å². The third-order valence-electron chi connectivity index (χ3n) is 4.42. The zero-order valence-electron chi connectivity index (χ0n) is 14.9. The van der Waals surface area contributed by atoms with Gasteiger partial charge in [0.15, 0.2) is 5.96 Å². The van der Waals surface area contributed by atoms with Gasteiger partial charge in [0.05, 0.1) is 0 Å². The lowest BCUT2D eigenvalue weighted by Crippen LogP contribution is -2.52. The van der Waals surface area contributed by atoms with E-state index in [1.807, 2.05) is 18.5 Å². The molecule has 0 saturated carbocycles. The van der Waals surface area contributed by atoms with Crippen molar-refractivity contribution in [3.05, 3.63) is 60.4 Å². The number of nitrogens with one attached hydrogen (secondary N) is 1. The minimum absolute atomic E-state index is 0.785. The fourth-order valence-corrected chi connectivity index (χ4v) is 3.08. The molecular formula is C20H27N5. The van der Waals surface area contributed by atoms with E-state index in [9.17, 15) is 0 Å². The Morgan fingerprint density at radius 1 is 1.08 bits per heavy atom. The van der Waals surface area contributed by atoms with Gasteiger partial charge in [-0.15, -0.1) is 0 Å². The molecule has 1 aromatic heterocycles. The number of nitrogens with zero attached hydrogens (tertiary/aromatic N) is 4. The first-order valence-electron chi connectivity index (χ1n) is 9.09. The monoisotopic (exact) mass is 337 g/mol. The first kappa shape index (κ1) is 17.3. The molecule has 3 rings (SSSR count). The van der Waals surface area contributed by atoms with E-state index in [1.165, 1.54) is 11.3 Å². The molecule has 1 fully saturated rings. The zero-order chi connectivity index (χ0) is 17.3. The smallest absolute Gasteiger partial charge is 0.194 e. The van der Waals surface area contributed by atoms with Crippen LogP contribution in [-0.2, 0) is 6.42 Å². The van der Waals surface area contributed by atoms with Crippen LogP contribution in [0.4, 0.5) is 5.69 Å². The number of rotatable bonds is 5. The molecule has 1 aliphatic heterocycles. The Kier molecular flexibility index (Phi) is 6.26. The first-order valence-corrected chi connectivity index (χ1v) is 9.09. The summed E-state index contributed by atoms with van der Waals surface area (Å²) in [6.07, 6.45) is 4.65. The summed E-state index contributed by atoms with van der Waals surface area (Å²) in [6, 6.07) is 14.7. The summed E-state index contributed by atoms with van der Waals surface area (Å²) in [5, 5.41) is 3.43. The third-order valence-corrected chi connectivity index (χ3v) is 4.42. The number of aromatic nitrogens is 1. The molecule has 1 aliphatic rings. The Labute approximate surface area is 150 Å². The number of anilines is 1.